The molecule has 7 nitrogen and oxygen atoms in total. The van der Waals surface area contributed by atoms with Crippen LogP contribution >= 0.6 is 0 Å². The molecule has 158 valence electrons. The maximum atomic E-state index is 12.8. The number of carbonyl (C=O) groups excluding carboxylic acids is 2. The van der Waals surface area contributed by atoms with Crippen LogP contribution in [0.3, 0.4) is 0 Å². The number of amides is 2. The van der Waals surface area contributed by atoms with E-state index in [0.29, 0.717) is 25.1 Å². The zero-order valence-electron chi connectivity index (χ0n) is 16.9. The lowest BCUT2D eigenvalue weighted by atomic mass is 10.0. The number of hydrogen-bond acceptors (Lipinski definition) is 4. The van der Waals surface area contributed by atoms with Crippen molar-refractivity contribution in [3.05, 3.63) is 66.4 Å². The van der Waals surface area contributed by atoms with Crippen molar-refractivity contribution in [2.45, 2.75) is 37.8 Å². The van der Waals surface area contributed by atoms with Gasteiger partial charge in [0.05, 0.1) is 6.04 Å². The Balaban J connectivity index is 1.64. The first-order valence-electron chi connectivity index (χ1n) is 10.3. The summed E-state index contributed by atoms with van der Waals surface area (Å²) in [6.07, 6.45) is 4.28. The van der Waals surface area contributed by atoms with E-state index in [0.717, 1.165) is 29.3 Å². The van der Waals surface area contributed by atoms with E-state index in [1.165, 1.54) is 0 Å². The molecule has 3 aromatic rings. The van der Waals surface area contributed by atoms with E-state index in [9.17, 15) is 9.59 Å². The summed E-state index contributed by atoms with van der Waals surface area (Å²) in [7, 11) is 0. The van der Waals surface area contributed by atoms with Crippen molar-refractivity contribution in [3.63, 3.8) is 0 Å². The van der Waals surface area contributed by atoms with Gasteiger partial charge in [0.15, 0.2) is 0 Å². The van der Waals surface area contributed by atoms with Crippen molar-refractivity contribution >= 4 is 28.4 Å². The topological polar surface area (TPSA) is 126 Å². The van der Waals surface area contributed by atoms with Gasteiger partial charge >= 0.3 is 0 Å². The van der Waals surface area contributed by atoms with Gasteiger partial charge in [0.2, 0.25) is 11.8 Å². The number of nitrogens with one attached hydrogen (secondary N) is 3. The molecule has 30 heavy (non-hydrogen) atoms. The fraction of sp³-hybridized carbons (Fsp3) is 0.304. The van der Waals surface area contributed by atoms with Gasteiger partial charge in [0.25, 0.3) is 0 Å². The largest absolute Gasteiger partial charge is 0.361 e. The standard InChI is InChI=1S/C23H29N5O2/c24-13-7-6-12-21(23(30)27-17-8-2-1-3-9-17)28-22(29)19(25)14-16-15-26-20-11-5-4-10-18(16)20/h1-5,8-11,15,19,21,26H,6-7,12-14,24-25H2,(H,27,30)(H,28,29)/t19-,21-/m0/s1. The number of nitrogens with two attached hydrogens (primary N) is 2. The highest BCUT2D eigenvalue weighted by atomic mass is 16.2. The lowest BCUT2D eigenvalue weighted by Gasteiger charge is -2.21. The van der Waals surface area contributed by atoms with Crippen molar-refractivity contribution in [2.24, 2.45) is 11.5 Å². The van der Waals surface area contributed by atoms with Crippen LogP contribution in [0.15, 0.2) is 60.8 Å². The van der Waals surface area contributed by atoms with Crippen molar-refractivity contribution in [1.82, 2.24) is 10.3 Å². The molecule has 7 heteroatoms. The van der Waals surface area contributed by atoms with Gasteiger partial charge in [-0.15, -0.1) is 0 Å². The zero-order chi connectivity index (χ0) is 21.3. The minimum absolute atomic E-state index is 0.258. The van der Waals surface area contributed by atoms with Crippen LogP contribution in [-0.4, -0.2) is 35.4 Å². The molecule has 1 heterocycles. The normalized spacial score (nSPS) is 13.0. The summed E-state index contributed by atoms with van der Waals surface area (Å²) >= 11 is 0. The SMILES string of the molecule is NCCCC[C@H](NC(=O)[C@@H](N)Cc1c[nH]c2ccccc12)C(=O)Nc1ccccc1. The van der Waals surface area contributed by atoms with Crippen LogP contribution in [0.1, 0.15) is 24.8 Å². The van der Waals surface area contributed by atoms with E-state index in [1.54, 1.807) is 12.1 Å². The highest BCUT2D eigenvalue weighted by molar-refractivity contribution is 5.98. The number of carbonyl (C=O) groups is 2. The minimum Gasteiger partial charge on any atom is -0.361 e. The lowest BCUT2D eigenvalue weighted by molar-refractivity contribution is -0.127. The maximum absolute atomic E-state index is 12.8. The Morgan fingerprint density at radius 1 is 0.967 bits per heavy atom. The second kappa shape index (κ2) is 10.6. The molecular formula is C23H29N5O2. The second-order valence-electron chi connectivity index (χ2n) is 7.37. The van der Waals surface area contributed by atoms with Crippen LogP contribution in [0, 0.1) is 0 Å². The van der Waals surface area contributed by atoms with Crippen molar-refractivity contribution in [3.8, 4) is 0 Å². The molecule has 1 aromatic heterocycles. The van der Waals surface area contributed by atoms with Gasteiger partial charge in [0, 0.05) is 22.8 Å². The van der Waals surface area contributed by atoms with Gasteiger partial charge in [-0.1, -0.05) is 36.4 Å². The average molecular weight is 408 g/mol. The first-order valence-corrected chi connectivity index (χ1v) is 10.3. The highest BCUT2D eigenvalue weighted by Crippen LogP contribution is 2.19. The van der Waals surface area contributed by atoms with Crippen LogP contribution in [0.2, 0.25) is 0 Å². The van der Waals surface area contributed by atoms with Gasteiger partial charge in [-0.2, -0.15) is 0 Å². The first-order chi connectivity index (χ1) is 14.6. The molecule has 7 N–H and O–H groups in total. The summed E-state index contributed by atoms with van der Waals surface area (Å²) in [6, 6.07) is 15.6. The summed E-state index contributed by atoms with van der Waals surface area (Å²) in [5.41, 5.74) is 14.4. The van der Waals surface area contributed by atoms with Gasteiger partial charge in [-0.25, -0.2) is 0 Å². The number of H-pyrrole nitrogens is 1. The molecule has 2 aromatic carbocycles. The zero-order valence-corrected chi connectivity index (χ0v) is 16.9. The Morgan fingerprint density at radius 3 is 2.47 bits per heavy atom. The first kappa shape index (κ1) is 21.5. The van der Waals surface area contributed by atoms with E-state index in [-0.39, 0.29) is 11.8 Å². The van der Waals surface area contributed by atoms with E-state index in [4.69, 9.17) is 11.5 Å². The molecule has 0 aliphatic rings. The third kappa shape index (κ3) is 5.68. The Labute approximate surface area is 176 Å². The van der Waals surface area contributed by atoms with Crippen molar-refractivity contribution < 1.29 is 9.59 Å². The molecule has 0 aliphatic heterocycles. The molecule has 0 saturated heterocycles. The van der Waals surface area contributed by atoms with Crippen LogP contribution in [0.5, 0.6) is 0 Å². The predicted octanol–water partition coefficient (Wildman–Crippen LogP) is 2.29. The van der Waals surface area contributed by atoms with Gasteiger partial charge < -0.3 is 27.1 Å². The van der Waals surface area contributed by atoms with Crippen molar-refractivity contribution in [1.29, 1.82) is 0 Å². The van der Waals surface area contributed by atoms with Crippen LogP contribution in [0.4, 0.5) is 5.69 Å². The number of benzene rings is 2. The number of unbranched alkanes of at least 4 members (excludes halogenated alkanes) is 1. The Morgan fingerprint density at radius 2 is 1.70 bits per heavy atom. The lowest BCUT2D eigenvalue weighted by Crippen LogP contribution is -2.50. The van der Waals surface area contributed by atoms with E-state index in [2.05, 4.69) is 15.6 Å². The fourth-order valence-corrected chi connectivity index (χ4v) is 3.42. The number of hydrogen-bond donors (Lipinski definition) is 5. The van der Waals surface area contributed by atoms with Crippen molar-refractivity contribution in [2.75, 3.05) is 11.9 Å². The molecule has 0 unspecified atom stereocenters. The molecule has 2 amide bonds. The highest BCUT2D eigenvalue weighted by Gasteiger charge is 2.24. The minimum atomic E-state index is -0.759. The van der Waals surface area contributed by atoms with E-state index >= 15 is 0 Å². The fourth-order valence-electron chi connectivity index (χ4n) is 3.42. The number of aromatic amines is 1. The second-order valence-corrected chi connectivity index (χ2v) is 7.37. The molecule has 0 radical (unpaired) electrons. The number of rotatable bonds is 10. The number of anilines is 1. The molecule has 0 fully saturated rings. The van der Waals surface area contributed by atoms with Crippen LogP contribution < -0.4 is 22.1 Å². The quantitative estimate of drug-likeness (QED) is 0.331. The third-order valence-corrected chi connectivity index (χ3v) is 5.07. The van der Waals surface area contributed by atoms with Crippen LogP contribution in [0.25, 0.3) is 10.9 Å². The number of para-hydroxylation sites is 2. The Bertz CT molecular complexity index is 970. The maximum Gasteiger partial charge on any atom is 0.246 e. The molecule has 2 atom stereocenters. The average Bonchev–Trinajstić information content (AvgIpc) is 3.16. The molecule has 3 rings (SSSR count). The smallest absolute Gasteiger partial charge is 0.246 e. The number of fused-ring (bicyclic) bond motifs is 1. The monoisotopic (exact) mass is 407 g/mol. The molecule has 0 saturated carbocycles. The van der Waals surface area contributed by atoms with E-state index < -0.39 is 12.1 Å². The molecule has 0 bridgehead atoms. The summed E-state index contributed by atoms with van der Waals surface area (Å²) in [5.74, 6) is -0.605. The van der Waals surface area contributed by atoms with Crippen LogP contribution in [-0.2, 0) is 16.0 Å². The predicted molar refractivity (Wildman–Crippen MR) is 120 cm³/mol. The van der Waals surface area contributed by atoms with Gasteiger partial charge in [-0.3, -0.25) is 9.59 Å². The molecule has 0 spiro atoms. The third-order valence-electron chi connectivity index (χ3n) is 5.07. The van der Waals surface area contributed by atoms with Gasteiger partial charge in [-0.05, 0) is 56.0 Å². The molecular weight excluding hydrogens is 378 g/mol. The Hall–Kier alpha value is -3.16. The van der Waals surface area contributed by atoms with E-state index in [1.807, 2.05) is 48.7 Å². The summed E-state index contributed by atoms with van der Waals surface area (Å²) in [4.78, 5) is 28.7. The summed E-state index contributed by atoms with van der Waals surface area (Å²) < 4.78 is 0. The number of aromatic nitrogens is 1. The molecule has 0 aliphatic carbocycles. The summed E-state index contributed by atoms with van der Waals surface area (Å²) in [5, 5.41) is 6.73. The van der Waals surface area contributed by atoms with Gasteiger partial charge in [0.1, 0.15) is 6.04 Å². The Kier molecular flexibility index (Phi) is 7.59. The summed E-state index contributed by atoms with van der Waals surface area (Å²) in [6.45, 7) is 0.543.